The summed E-state index contributed by atoms with van der Waals surface area (Å²) in [6.45, 7) is 3.99. The molecule has 1 aliphatic rings. The van der Waals surface area contributed by atoms with Crippen molar-refractivity contribution in [2.24, 2.45) is 0 Å². The van der Waals surface area contributed by atoms with Crippen molar-refractivity contribution < 1.29 is 9.66 Å². The molecular weight excluding hydrogens is 270 g/mol. The van der Waals surface area contributed by atoms with Crippen molar-refractivity contribution in [1.29, 1.82) is 0 Å². The molecule has 2 heterocycles. The van der Waals surface area contributed by atoms with Gasteiger partial charge in [-0.15, -0.1) is 0 Å². The summed E-state index contributed by atoms with van der Waals surface area (Å²) in [6, 6.07) is 2.84. The van der Waals surface area contributed by atoms with Crippen molar-refractivity contribution in [3.05, 3.63) is 27.4 Å². The number of hydrogen-bond donors (Lipinski definition) is 0. The first-order valence-electron chi connectivity index (χ1n) is 6.29. The van der Waals surface area contributed by atoms with E-state index >= 15 is 0 Å². The number of halogens is 1. The number of pyridine rings is 1. The molecule has 1 aliphatic heterocycles. The van der Waals surface area contributed by atoms with E-state index in [0.29, 0.717) is 25.5 Å². The van der Waals surface area contributed by atoms with E-state index in [2.05, 4.69) is 4.98 Å². The van der Waals surface area contributed by atoms with Gasteiger partial charge in [-0.25, -0.2) is 4.98 Å². The van der Waals surface area contributed by atoms with Gasteiger partial charge in [-0.3, -0.25) is 10.1 Å². The molecule has 0 N–H and O–H groups in total. The lowest BCUT2D eigenvalue weighted by Crippen LogP contribution is -2.32. The second kappa shape index (κ2) is 6.16. The van der Waals surface area contributed by atoms with Crippen LogP contribution in [0, 0.1) is 10.1 Å². The van der Waals surface area contributed by atoms with E-state index in [4.69, 9.17) is 16.3 Å². The minimum atomic E-state index is -0.425. The quantitative estimate of drug-likeness (QED) is 0.485. The lowest BCUT2D eigenvalue weighted by Gasteiger charge is -2.23. The van der Waals surface area contributed by atoms with Crippen LogP contribution in [0.15, 0.2) is 12.1 Å². The van der Waals surface area contributed by atoms with Gasteiger partial charge in [-0.05, 0) is 18.9 Å². The maximum absolute atomic E-state index is 11.1. The molecular formula is C12H16ClN3O3. The van der Waals surface area contributed by atoms with Crippen molar-refractivity contribution in [2.45, 2.75) is 25.9 Å². The average Bonchev–Trinajstić information content (AvgIpc) is 2.63. The van der Waals surface area contributed by atoms with Crippen LogP contribution in [0.2, 0.25) is 5.15 Å². The summed E-state index contributed by atoms with van der Waals surface area (Å²) < 4.78 is 5.66. The van der Waals surface area contributed by atoms with Gasteiger partial charge in [0, 0.05) is 25.8 Å². The van der Waals surface area contributed by atoms with E-state index in [1.807, 2.05) is 11.8 Å². The second-order valence-electron chi connectivity index (χ2n) is 4.43. The first-order valence-corrected chi connectivity index (χ1v) is 6.67. The van der Waals surface area contributed by atoms with E-state index in [1.165, 1.54) is 12.1 Å². The predicted molar refractivity (Wildman–Crippen MR) is 72.8 cm³/mol. The molecule has 1 atom stereocenters. The molecule has 0 spiro atoms. The van der Waals surface area contributed by atoms with Gasteiger partial charge in [0.1, 0.15) is 5.15 Å². The highest BCUT2D eigenvalue weighted by molar-refractivity contribution is 6.29. The zero-order valence-electron chi connectivity index (χ0n) is 10.7. The maximum Gasteiger partial charge on any atom is 0.311 e. The summed E-state index contributed by atoms with van der Waals surface area (Å²) in [4.78, 5) is 16.7. The highest BCUT2D eigenvalue weighted by Crippen LogP contribution is 2.29. The number of hydrogen-bond acceptors (Lipinski definition) is 5. The second-order valence-corrected chi connectivity index (χ2v) is 4.82. The molecule has 0 bridgehead atoms. The summed E-state index contributed by atoms with van der Waals surface area (Å²) >= 11 is 5.86. The Morgan fingerprint density at radius 2 is 2.42 bits per heavy atom. The fourth-order valence-corrected chi connectivity index (χ4v) is 2.27. The summed E-state index contributed by atoms with van der Waals surface area (Å²) in [5, 5.41) is 11.3. The monoisotopic (exact) mass is 285 g/mol. The molecule has 1 fully saturated rings. The van der Waals surface area contributed by atoms with Crippen LogP contribution in [0.4, 0.5) is 11.5 Å². The third-order valence-electron chi connectivity index (χ3n) is 3.12. The van der Waals surface area contributed by atoms with Crippen molar-refractivity contribution in [3.63, 3.8) is 0 Å². The minimum absolute atomic E-state index is 0.0128. The van der Waals surface area contributed by atoms with Crippen molar-refractivity contribution in [1.82, 2.24) is 4.98 Å². The Balaban J connectivity index is 2.33. The molecule has 6 nitrogen and oxygen atoms in total. The van der Waals surface area contributed by atoms with E-state index in [-0.39, 0.29) is 16.9 Å². The number of ether oxygens (including phenoxy) is 1. The molecule has 0 amide bonds. The Morgan fingerprint density at radius 1 is 1.63 bits per heavy atom. The van der Waals surface area contributed by atoms with Crippen LogP contribution in [0.5, 0.6) is 0 Å². The van der Waals surface area contributed by atoms with Gasteiger partial charge in [-0.1, -0.05) is 18.5 Å². The van der Waals surface area contributed by atoms with Crippen LogP contribution in [0.1, 0.15) is 19.8 Å². The Labute approximate surface area is 116 Å². The lowest BCUT2D eigenvalue weighted by molar-refractivity contribution is -0.384. The molecule has 104 valence electrons. The molecule has 0 radical (unpaired) electrons. The normalized spacial score (nSPS) is 20.1. The van der Waals surface area contributed by atoms with E-state index in [9.17, 15) is 10.1 Å². The van der Waals surface area contributed by atoms with E-state index in [1.54, 1.807) is 0 Å². The van der Waals surface area contributed by atoms with Crippen LogP contribution in [0.3, 0.4) is 0 Å². The summed E-state index contributed by atoms with van der Waals surface area (Å²) in [5.74, 6) is 0.335. The lowest BCUT2D eigenvalue weighted by atomic mass is 10.2. The highest BCUT2D eigenvalue weighted by atomic mass is 35.5. The SMILES string of the molecule is CCC1CN(c2nc(Cl)ccc2[N+](=O)[O-])CCCO1. The van der Waals surface area contributed by atoms with Gasteiger partial charge >= 0.3 is 5.69 Å². The Kier molecular flexibility index (Phi) is 4.55. The molecule has 1 aromatic heterocycles. The largest absolute Gasteiger partial charge is 0.376 e. The number of nitro groups is 1. The maximum atomic E-state index is 11.1. The Morgan fingerprint density at radius 3 is 3.11 bits per heavy atom. The predicted octanol–water partition coefficient (Wildman–Crippen LogP) is 2.65. The molecule has 1 aromatic rings. The zero-order chi connectivity index (χ0) is 13.8. The first kappa shape index (κ1) is 14.0. The van der Waals surface area contributed by atoms with Crippen LogP contribution < -0.4 is 4.90 Å². The summed E-state index contributed by atoms with van der Waals surface area (Å²) in [6.07, 6.45) is 1.76. The number of rotatable bonds is 3. The van der Waals surface area contributed by atoms with Crippen LogP contribution in [0.25, 0.3) is 0 Å². The van der Waals surface area contributed by atoms with Crippen molar-refractivity contribution >= 4 is 23.1 Å². The van der Waals surface area contributed by atoms with Gasteiger partial charge in [-0.2, -0.15) is 0 Å². The van der Waals surface area contributed by atoms with Crippen molar-refractivity contribution in [2.75, 3.05) is 24.6 Å². The van der Waals surface area contributed by atoms with E-state index < -0.39 is 4.92 Å². The average molecular weight is 286 g/mol. The molecule has 1 saturated heterocycles. The molecule has 0 aromatic carbocycles. The van der Waals surface area contributed by atoms with Gasteiger partial charge < -0.3 is 9.64 Å². The van der Waals surface area contributed by atoms with Crippen LogP contribution in [-0.4, -0.2) is 35.7 Å². The van der Waals surface area contributed by atoms with Gasteiger partial charge in [0.05, 0.1) is 11.0 Å². The van der Waals surface area contributed by atoms with Gasteiger partial charge in [0.2, 0.25) is 5.82 Å². The molecule has 19 heavy (non-hydrogen) atoms. The van der Waals surface area contributed by atoms with E-state index in [0.717, 1.165) is 12.8 Å². The summed E-state index contributed by atoms with van der Waals surface area (Å²) in [7, 11) is 0. The van der Waals surface area contributed by atoms with Gasteiger partial charge in [0.15, 0.2) is 0 Å². The third kappa shape index (κ3) is 3.33. The van der Waals surface area contributed by atoms with Crippen LogP contribution in [-0.2, 0) is 4.74 Å². The highest BCUT2D eigenvalue weighted by Gasteiger charge is 2.25. The van der Waals surface area contributed by atoms with Crippen molar-refractivity contribution in [3.8, 4) is 0 Å². The number of nitrogens with zero attached hydrogens (tertiary/aromatic N) is 3. The molecule has 0 saturated carbocycles. The molecule has 1 unspecified atom stereocenters. The number of aromatic nitrogens is 1. The Bertz CT molecular complexity index is 470. The summed E-state index contributed by atoms with van der Waals surface area (Å²) in [5.41, 5.74) is -0.0128. The zero-order valence-corrected chi connectivity index (χ0v) is 11.5. The fraction of sp³-hybridized carbons (Fsp3) is 0.583. The third-order valence-corrected chi connectivity index (χ3v) is 3.33. The first-order chi connectivity index (χ1) is 9.11. The molecule has 7 heteroatoms. The Hall–Kier alpha value is -1.40. The fourth-order valence-electron chi connectivity index (χ4n) is 2.13. The minimum Gasteiger partial charge on any atom is -0.376 e. The topological polar surface area (TPSA) is 68.5 Å². The smallest absolute Gasteiger partial charge is 0.311 e. The standard InChI is InChI=1S/C12H16ClN3O3/c1-2-9-8-15(6-3-7-19-9)12-10(16(17)18)4-5-11(13)14-12/h4-5,9H,2-3,6-8H2,1H3. The molecule has 0 aliphatic carbocycles. The molecule has 2 rings (SSSR count). The van der Waals surface area contributed by atoms with Crippen LogP contribution >= 0.6 is 11.6 Å². The van der Waals surface area contributed by atoms with Gasteiger partial charge in [0.25, 0.3) is 0 Å². The number of anilines is 1.